The van der Waals surface area contributed by atoms with Crippen LogP contribution in [0.2, 0.25) is 0 Å². The quantitative estimate of drug-likeness (QED) is 0.932. The van der Waals surface area contributed by atoms with E-state index in [1.807, 2.05) is 25.8 Å². The number of carbonyl (C=O) groups is 1. The van der Waals surface area contributed by atoms with E-state index in [2.05, 4.69) is 20.4 Å². The molecule has 23 heavy (non-hydrogen) atoms. The van der Waals surface area contributed by atoms with Gasteiger partial charge in [0.25, 0.3) is 0 Å². The van der Waals surface area contributed by atoms with Crippen molar-refractivity contribution in [2.24, 2.45) is 13.0 Å². The Labute approximate surface area is 136 Å². The average Bonchev–Trinajstić information content (AvgIpc) is 2.80. The summed E-state index contributed by atoms with van der Waals surface area (Å²) in [6.45, 7) is 8.10. The van der Waals surface area contributed by atoms with Crippen LogP contribution in [0.5, 0.6) is 0 Å². The zero-order valence-electron chi connectivity index (χ0n) is 14.3. The highest BCUT2D eigenvalue weighted by Crippen LogP contribution is 2.25. The molecule has 7 heteroatoms. The van der Waals surface area contributed by atoms with Crippen molar-refractivity contribution in [1.29, 1.82) is 0 Å². The molecule has 124 valence electrons. The van der Waals surface area contributed by atoms with Crippen LogP contribution in [0.25, 0.3) is 11.0 Å². The molecule has 0 aliphatic carbocycles. The molecule has 3 rings (SSSR count). The molecule has 0 atom stereocenters. The summed E-state index contributed by atoms with van der Waals surface area (Å²) in [5.41, 5.74) is 1.81. The number of aromatic nitrogens is 4. The summed E-state index contributed by atoms with van der Waals surface area (Å²) >= 11 is 0. The molecule has 0 spiro atoms. The van der Waals surface area contributed by atoms with Crippen LogP contribution in [-0.2, 0) is 11.8 Å². The fourth-order valence-electron chi connectivity index (χ4n) is 3.27. The van der Waals surface area contributed by atoms with E-state index < -0.39 is 0 Å². The Bertz CT molecular complexity index is 730. The number of hydrogen-bond donors (Lipinski definition) is 1. The third-order valence-electron chi connectivity index (χ3n) is 4.59. The fourth-order valence-corrected chi connectivity index (χ4v) is 3.27. The van der Waals surface area contributed by atoms with Crippen LogP contribution in [0, 0.1) is 19.8 Å². The Kier molecular flexibility index (Phi) is 4.19. The summed E-state index contributed by atoms with van der Waals surface area (Å²) in [7, 11) is 1.91. The monoisotopic (exact) mass is 316 g/mol. The Morgan fingerprint density at radius 3 is 2.61 bits per heavy atom. The van der Waals surface area contributed by atoms with Gasteiger partial charge in [-0.15, -0.1) is 0 Å². The topological polar surface area (TPSA) is 75.9 Å². The number of nitrogens with one attached hydrogen (secondary N) is 1. The molecule has 0 saturated carbocycles. The van der Waals surface area contributed by atoms with Crippen molar-refractivity contribution in [3.05, 3.63) is 11.5 Å². The summed E-state index contributed by atoms with van der Waals surface area (Å²) in [6.07, 6.45) is 2.07. The second kappa shape index (κ2) is 6.14. The first-order valence-electron chi connectivity index (χ1n) is 8.13. The number of amides is 1. The molecule has 0 bridgehead atoms. The Balaban J connectivity index is 1.72. The van der Waals surface area contributed by atoms with Crippen molar-refractivity contribution < 1.29 is 4.79 Å². The van der Waals surface area contributed by atoms with Crippen LogP contribution >= 0.6 is 0 Å². The standard InChI is InChI=1S/C16H24N6O/c1-10-14-15(18-11(2)19-16(14)21(4)20-10)17-9-13-5-7-22(8-6-13)12(3)23/h13H,5-9H2,1-4H3,(H,17,18,19). The number of carbonyl (C=O) groups excluding carboxylic acids is 1. The zero-order valence-corrected chi connectivity index (χ0v) is 14.3. The summed E-state index contributed by atoms with van der Waals surface area (Å²) in [4.78, 5) is 22.4. The minimum atomic E-state index is 0.176. The van der Waals surface area contributed by atoms with Crippen LogP contribution in [0.4, 0.5) is 5.82 Å². The maximum absolute atomic E-state index is 11.4. The highest BCUT2D eigenvalue weighted by molar-refractivity contribution is 5.89. The number of anilines is 1. The minimum absolute atomic E-state index is 0.176. The van der Waals surface area contributed by atoms with Crippen LogP contribution in [0.1, 0.15) is 31.3 Å². The number of aryl methyl sites for hydroxylation is 3. The summed E-state index contributed by atoms with van der Waals surface area (Å²) in [5, 5.41) is 8.93. The fraction of sp³-hybridized carbons (Fsp3) is 0.625. The molecular formula is C16H24N6O. The first kappa shape index (κ1) is 15.7. The van der Waals surface area contributed by atoms with E-state index in [0.29, 0.717) is 5.92 Å². The van der Waals surface area contributed by atoms with Gasteiger partial charge in [0, 0.05) is 33.6 Å². The van der Waals surface area contributed by atoms with Crippen molar-refractivity contribution in [3.63, 3.8) is 0 Å². The van der Waals surface area contributed by atoms with Crippen molar-refractivity contribution in [1.82, 2.24) is 24.6 Å². The lowest BCUT2D eigenvalue weighted by Crippen LogP contribution is -2.38. The van der Waals surface area contributed by atoms with E-state index in [4.69, 9.17) is 0 Å². The first-order chi connectivity index (χ1) is 11.0. The van der Waals surface area contributed by atoms with E-state index >= 15 is 0 Å². The lowest BCUT2D eigenvalue weighted by Gasteiger charge is -2.31. The maximum atomic E-state index is 11.4. The Morgan fingerprint density at radius 1 is 1.26 bits per heavy atom. The molecule has 3 heterocycles. The molecule has 1 amide bonds. The van der Waals surface area contributed by atoms with Gasteiger partial charge in [0.15, 0.2) is 5.65 Å². The van der Waals surface area contributed by atoms with E-state index in [1.54, 1.807) is 11.6 Å². The molecule has 7 nitrogen and oxygen atoms in total. The van der Waals surface area contributed by atoms with Gasteiger partial charge in [-0.25, -0.2) is 9.97 Å². The van der Waals surface area contributed by atoms with E-state index in [9.17, 15) is 4.79 Å². The molecule has 2 aromatic heterocycles. The number of piperidine rings is 1. The molecule has 1 aliphatic heterocycles. The smallest absolute Gasteiger partial charge is 0.219 e. The van der Waals surface area contributed by atoms with Crippen LogP contribution in [0.3, 0.4) is 0 Å². The third-order valence-corrected chi connectivity index (χ3v) is 4.59. The van der Waals surface area contributed by atoms with Gasteiger partial charge in [-0.1, -0.05) is 0 Å². The summed E-state index contributed by atoms with van der Waals surface area (Å²) in [6, 6.07) is 0. The highest BCUT2D eigenvalue weighted by atomic mass is 16.2. The van der Waals surface area contributed by atoms with E-state index in [1.165, 1.54) is 0 Å². The normalized spacial score (nSPS) is 16.1. The molecule has 1 N–H and O–H groups in total. The molecule has 2 aromatic rings. The molecule has 1 fully saturated rings. The van der Waals surface area contributed by atoms with Gasteiger partial charge in [0.2, 0.25) is 5.91 Å². The Morgan fingerprint density at radius 2 is 1.96 bits per heavy atom. The second-order valence-electron chi connectivity index (χ2n) is 6.36. The molecule has 0 unspecified atom stereocenters. The van der Waals surface area contributed by atoms with E-state index in [-0.39, 0.29) is 5.91 Å². The number of fused-ring (bicyclic) bond motifs is 1. The average molecular weight is 316 g/mol. The lowest BCUT2D eigenvalue weighted by atomic mass is 9.97. The van der Waals surface area contributed by atoms with Crippen molar-refractivity contribution in [3.8, 4) is 0 Å². The number of hydrogen-bond acceptors (Lipinski definition) is 5. The van der Waals surface area contributed by atoms with Crippen LogP contribution < -0.4 is 5.32 Å². The minimum Gasteiger partial charge on any atom is -0.369 e. The van der Waals surface area contributed by atoms with Gasteiger partial charge < -0.3 is 10.2 Å². The number of rotatable bonds is 3. The van der Waals surface area contributed by atoms with Gasteiger partial charge in [-0.2, -0.15) is 5.10 Å². The third kappa shape index (κ3) is 3.13. The number of nitrogens with zero attached hydrogens (tertiary/aromatic N) is 5. The summed E-state index contributed by atoms with van der Waals surface area (Å²) in [5.74, 6) is 2.35. The van der Waals surface area contributed by atoms with Crippen molar-refractivity contribution >= 4 is 22.8 Å². The van der Waals surface area contributed by atoms with Gasteiger partial charge in [-0.3, -0.25) is 9.48 Å². The van der Waals surface area contributed by atoms with Crippen LogP contribution in [0.15, 0.2) is 0 Å². The van der Waals surface area contributed by atoms with Gasteiger partial charge in [-0.05, 0) is 32.6 Å². The van der Waals surface area contributed by atoms with Crippen molar-refractivity contribution in [2.75, 3.05) is 25.0 Å². The largest absolute Gasteiger partial charge is 0.369 e. The van der Waals surface area contributed by atoms with Crippen LogP contribution in [-0.4, -0.2) is 50.2 Å². The maximum Gasteiger partial charge on any atom is 0.219 e. The van der Waals surface area contributed by atoms with Gasteiger partial charge >= 0.3 is 0 Å². The Hall–Kier alpha value is -2.18. The van der Waals surface area contributed by atoms with Crippen molar-refractivity contribution in [2.45, 2.75) is 33.6 Å². The SMILES string of the molecule is CC(=O)N1CCC(CNc2nc(C)nc3c2c(C)nn3C)CC1. The summed E-state index contributed by atoms with van der Waals surface area (Å²) < 4.78 is 1.80. The van der Waals surface area contributed by atoms with E-state index in [0.717, 1.165) is 60.8 Å². The molecule has 1 saturated heterocycles. The number of likely N-dealkylation sites (tertiary alicyclic amines) is 1. The molecular weight excluding hydrogens is 292 g/mol. The highest BCUT2D eigenvalue weighted by Gasteiger charge is 2.21. The first-order valence-corrected chi connectivity index (χ1v) is 8.13. The zero-order chi connectivity index (χ0) is 16.6. The molecule has 0 radical (unpaired) electrons. The lowest BCUT2D eigenvalue weighted by molar-refractivity contribution is -0.130. The molecule has 0 aromatic carbocycles. The predicted octanol–water partition coefficient (Wildman–Crippen LogP) is 1.65. The second-order valence-corrected chi connectivity index (χ2v) is 6.36. The molecule has 1 aliphatic rings. The van der Waals surface area contributed by atoms with Gasteiger partial charge in [0.1, 0.15) is 11.6 Å². The van der Waals surface area contributed by atoms with Gasteiger partial charge in [0.05, 0.1) is 11.1 Å². The predicted molar refractivity (Wildman–Crippen MR) is 89.2 cm³/mol.